The van der Waals surface area contributed by atoms with Crippen LogP contribution in [0.4, 0.5) is 0 Å². The first-order valence-electron chi connectivity index (χ1n) is 8.71. The number of aliphatic carboxylic acids is 1. The van der Waals surface area contributed by atoms with Crippen LogP contribution in [0.15, 0.2) is 18.2 Å². The van der Waals surface area contributed by atoms with E-state index in [-0.39, 0.29) is 5.41 Å². The lowest BCUT2D eigenvalue weighted by molar-refractivity contribution is -0.150. The molecule has 0 spiro atoms. The molecule has 2 fully saturated rings. The zero-order valence-electron chi connectivity index (χ0n) is 13.6. The van der Waals surface area contributed by atoms with E-state index in [0.717, 1.165) is 32.1 Å². The molecule has 0 aliphatic heterocycles. The maximum atomic E-state index is 11.8. The predicted molar refractivity (Wildman–Crippen MR) is 87.3 cm³/mol. The first-order chi connectivity index (χ1) is 10.9. The van der Waals surface area contributed by atoms with Crippen molar-refractivity contribution in [2.75, 3.05) is 0 Å². The van der Waals surface area contributed by atoms with E-state index in [1.54, 1.807) is 6.07 Å². The van der Waals surface area contributed by atoms with Crippen LogP contribution in [0.1, 0.15) is 56.1 Å². The first-order valence-corrected chi connectivity index (χ1v) is 8.71. The van der Waals surface area contributed by atoms with Gasteiger partial charge in [-0.25, -0.2) is 0 Å². The Labute approximate surface area is 136 Å². The molecule has 3 aliphatic rings. The van der Waals surface area contributed by atoms with Gasteiger partial charge in [-0.2, -0.15) is 0 Å². The highest BCUT2D eigenvalue weighted by Crippen LogP contribution is 2.63. The van der Waals surface area contributed by atoms with E-state index < -0.39 is 11.5 Å². The number of hydrogen-bond donors (Lipinski definition) is 3. The van der Waals surface area contributed by atoms with E-state index in [2.05, 4.69) is 13.0 Å². The Morgan fingerprint density at radius 1 is 1.26 bits per heavy atom. The number of benzene rings is 1. The minimum Gasteiger partial charge on any atom is -0.508 e. The molecule has 0 aromatic heterocycles. The van der Waals surface area contributed by atoms with E-state index in [0.29, 0.717) is 29.9 Å². The zero-order valence-corrected chi connectivity index (χ0v) is 13.6. The number of phenolic OH excluding ortho intramolecular Hbond substituents is 1. The van der Waals surface area contributed by atoms with Gasteiger partial charge in [-0.05, 0) is 85.0 Å². The van der Waals surface area contributed by atoms with Gasteiger partial charge >= 0.3 is 5.97 Å². The number of carboxylic acid groups (broad SMARTS) is 1. The van der Waals surface area contributed by atoms with Gasteiger partial charge < -0.3 is 15.9 Å². The number of hydrogen-bond acceptors (Lipinski definition) is 3. The third-order valence-electron chi connectivity index (χ3n) is 7.35. The summed E-state index contributed by atoms with van der Waals surface area (Å²) in [5.74, 6) is 0.922. The van der Waals surface area contributed by atoms with Crippen molar-refractivity contribution in [3.05, 3.63) is 29.3 Å². The van der Waals surface area contributed by atoms with Crippen LogP contribution in [-0.2, 0) is 11.2 Å². The summed E-state index contributed by atoms with van der Waals surface area (Å²) < 4.78 is 0. The summed E-state index contributed by atoms with van der Waals surface area (Å²) in [6.07, 6.45) is 5.45. The summed E-state index contributed by atoms with van der Waals surface area (Å²) in [4.78, 5) is 11.8. The van der Waals surface area contributed by atoms with Crippen molar-refractivity contribution >= 4 is 5.97 Å². The highest BCUT2D eigenvalue weighted by molar-refractivity contribution is 5.80. The minimum atomic E-state index is -1.07. The summed E-state index contributed by atoms with van der Waals surface area (Å²) in [5.41, 5.74) is 7.66. The average Bonchev–Trinajstić information content (AvgIpc) is 2.80. The second-order valence-corrected chi connectivity index (χ2v) is 8.07. The largest absolute Gasteiger partial charge is 0.508 e. The molecule has 0 heterocycles. The number of aromatic hydroxyl groups is 1. The Kier molecular flexibility index (Phi) is 3.08. The van der Waals surface area contributed by atoms with Crippen molar-refractivity contribution in [1.29, 1.82) is 0 Å². The summed E-state index contributed by atoms with van der Waals surface area (Å²) >= 11 is 0. The maximum Gasteiger partial charge on any atom is 0.324 e. The summed E-state index contributed by atoms with van der Waals surface area (Å²) in [6, 6.07) is 5.76. The molecule has 4 N–H and O–H groups in total. The van der Waals surface area contributed by atoms with Crippen LogP contribution < -0.4 is 5.73 Å². The number of rotatable bonds is 1. The van der Waals surface area contributed by atoms with Gasteiger partial charge in [0.15, 0.2) is 0 Å². The number of nitrogens with two attached hydrogens (primary N) is 1. The van der Waals surface area contributed by atoms with Gasteiger partial charge in [-0.15, -0.1) is 0 Å². The second kappa shape index (κ2) is 4.73. The van der Waals surface area contributed by atoms with Crippen LogP contribution in [0.5, 0.6) is 5.75 Å². The van der Waals surface area contributed by atoms with E-state index in [1.807, 2.05) is 6.07 Å². The molecule has 1 aromatic carbocycles. The molecule has 0 radical (unpaired) electrons. The Morgan fingerprint density at radius 2 is 2.04 bits per heavy atom. The van der Waals surface area contributed by atoms with Gasteiger partial charge in [0.2, 0.25) is 0 Å². The van der Waals surface area contributed by atoms with Gasteiger partial charge in [0.05, 0.1) is 0 Å². The van der Waals surface area contributed by atoms with Gasteiger partial charge in [0.1, 0.15) is 11.3 Å². The molecular formula is C19H25NO3. The lowest BCUT2D eigenvalue weighted by atomic mass is 9.53. The summed E-state index contributed by atoms with van der Waals surface area (Å²) in [7, 11) is 0. The maximum absolute atomic E-state index is 11.8. The van der Waals surface area contributed by atoms with Crippen LogP contribution in [0.2, 0.25) is 0 Å². The molecule has 5 atom stereocenters. The smallest absolute Gasteiger partial charge is 0.324 e. The summed E-state index contributed by atoms with van der Waals surface area (Å²) in [5, 5.41) is 19.4. The van der Waals surface area contributed by atoms with Crippen LogP contribution >= 0.6 is 0 Å². The van der Waals surface area contributed by atoms with E-state index in [4.69, 9.17) is 5.73 Å². The number of aryl methyl sites for hydroxylation is 1. The molecule has 4 nitrogen and oxygen atoms in total. The summed E-state index contributed by atoms with van der Waals surface area (Å²) in [6.45, 7) is 2.11. The standard InChI is InChI=1S/C19H25NO3/c1-18-8-6-14-13-5-3-12(21)10-11(13)2-4-15(14)16(18)7-9-19(18,20)17(22)23/h3,5,10,14-16,21H,2,4,6-9,20H2,1H3,(H,22,23)/t14?,15?,16?,18-,19?/m0/s1. The van der Waals surface area contributed by atoms with Crippen molar-refractivity contribution in [3.8, 4) is 5.75 Å². The fraction of sp³-hybridized carbons (Fsp3) is 0.632. The Bertz CT molecular complexity index is 673. The Hall–Kier alpha value is -1.55. The lowest BCUT2D eigenvalue weighted by Gasteiger charge is -2.52. The van der Waals surface area contributed by atoms with Crippen molar-refractivity contribution in [2.45, 2.75) is 56.9 Å². The molecule has 3 aliphatic carbocycles. The first kappa shape index (κ1) is 15.0. The topological polar surface area (TPSA) is 83.5 Å². The quantitative estimate of drug-likeness (QED) is 0.744. The number of fused-ring (bicyclic) bond motifs is 5. The normalized spacial score (nSPS) is 41.7. The predicted octanol–water partition coefficient (Wildman–Crippen LogP) is 3.03. The molecule has 0 amide bonds. The van der Waals surface area contributed by atoms with Crippen LogP contribution in [0.25, 0.3) is 0 Å². The monoisotopic (exact) mass is 315 g/mol. The fourth-order valence-electron chi connectivity index (χ4n) is 6.00. The van der Waals surface area contributed by atoms with Gasteiger partial charge in [-0.3, -0.25) is 4.79 Å². The SMILES string of the molecule is C[C@]12CCC3c4ccc(O)cc4CCC3C1CCC2(N)C(=O)O. The van der Waals surface area contributed by atoms with Crippen molar-refractivity contribution in [2.24, 2.45) is 23.0 Å². The highest BCUT2D eigenvalue weighted by Gasteiger charge is 2.63. The lowest BCUT2D eigenvalue weighted by Crippen LogP contribution is -2.60. The third kappa shape index (κ3) is 1.84. The van der Waals surface area contributed by atoms with Crippen molar-refractivity contribution in [1.82, 2.24) is 0 Å². The van der Waals surface area contributed by atoms with Gasteiger partial charge in [0, 0.05) is 0 Å². The molecule has 0 saturated heterocycles. The molecule has 23 heavy (non-hydrogen) atoms. The zero-order chi connectivity index (χ0) is 16.4. The highest BCUT2D eigenvalue weighted by atomic mass is 16.4. The molecule has 2 saturated carbocycles. The number of carbonyl (C=O) groups is 1. The molecule has 124 valence electrons. The van der Waals surface area contributed by atoms with Crippen molar-refractivity contribution in [3.63, 3.8) is 0 Å². The molecule has 1 aromatic rings. The molecule has 4 unspecified atom stereocenters. The van der Waals surface area contributed by atoms with Crippen LogP contribution in [0.3, 0.4) is 0 Å². The Morgan fingerprint density at radius 3 is 2.78 bits per heavy atom. The fourth-order valence-corrected chi connectivity index (χ4v) is 6.00. The van der Waals surface area contributed by atoms with E-state index >= 15 is 0 Å². The van der Waals surface area contributed by atoms with Crippen LogP contribution in [0, 0.1) is 17.3 Å². The van der Waals surface area contributed by atoms with Crippen LogP contribution in [-0.4, -0.2) is 21.7 Å². The molecule has 4 rings (SSSR count). The minimum absolute atomic E-state index is 0.297. The molecular weight excluding hydrogens is 290 g/mol. The second-order valence-electron chi connectivity index (χ2n) is 8.07. The van der Waals surface area contributed by atoms with Gasteiger partial charge in [-0.1, -0.05) is 13.0 Å². The Balaban J connectivity index is 1.71. The average molecular weight is 315 g/mol. The van der Waals surface area contributed by atoms with Crippen molar-refractivity contribution < 1.29 is 15.0 Å². The van der Waals surface area contributed by atoms with E-state index in [1.165, 1.54) is 11.1 Å². The number of phenols is 1. The third-order valence-corrected chi connectivity index (χ3v) is 7.35. The molecule has 0 bridgehead atoms. The van der Waals surface area contributed by atoms with E-state index in [9.17, 15) is 15.0 Å². The van der Waals surface area contributed by atoms with Gasteiger partial charge in [0.25, 0.3) is 0 Å². The molecule has 4 heteroatoms. The number of carboxylic acids is 1.